The van der Waals surface area contributed by atoms with Gasteiger partial charge in [-0.15, -0.1) is 0 Å². The van der Waals surface area contributed by atoms with Crippen molar-refractivity contribution in [1.29, 1.82) is 0 Å². The fourth-order valence-corrected chi connectivity index (χ4v) is 3.21. The molecule has 0 aliphatic heterocycles. The molecule has 0 fully saturated rings. The molecule has 0 spiro atoms. The number of rotatable bonds is 3. The Bertz CT molecular complexity index is 927. The summed E-state index contributed by atoms with van der Waals surface area (Å²) < 4.78 is 1.97. The van der Waals surface area contributed by atoms with Crippen molar-refractivity contribution in [2.75, 3.05) is 0 Å². The second kappa shape index (κ2) is 5.72. The molecule has 1 atom stereocenters. The number of hydrogen-bond acceptors (Lipinski definition) is 2. The van der Waals surface area contributed by atoms with Crippen molar-refractivity contribution in [2.45, 2.75) is 6.04 Å². The lowest BCUT2D eigenvalue weighted by Gasteiger charge is -2.18. The van der Waals surface area contributed by atoms with Gasteiger partial charge in [0.2, 0.25) is 0 Å². The number of benzene rings is 2. The lowest BCUT2D eigenvalue weighted by atomic mass is 10.1. The van der Waals surface area contributed by atoms with Gasteiger partial charge in [0.05, 0.1) is 17.4 Å². The fourth-order valence-electron chi connectivity index (χ4n) is 2.70. The number of aromatic nitrogens is 4. The van der Waals surface area contributed by atoms with Crippen molar-refractivity contribution >= 4 is 34.2 Å². The Labute approximate surface area is 142 Å². The van der Waals surface area contributed by atoms with Gasteiger partial charge in [-0.3, -0.25) is 0 Å². The summed E-state index contributed by atoms with van der Waals surface area (Å²) in [6.45, 7) is 0. The highest BCUT2D eigenvalue weighted by molar-refractivity contribution is 6.35. The highest BCUT2D eigenvalue weighted by Crippen LogP contribution is 2.32. The van der Waals surface area contributed by atoms with Crippen LogP contribution in [-0.4, -0.2) is 19.5 Å². The van der Waals surface area contributed by atoms with Crippen molar-refractivity contribution in [3.63, 3.8) is 0 Å². The molecular formula is C17H12Cl2N4. The molecule has 0 saturated carbocycles. The third kappa shape index (κ3) is 2.60. The van der Waals surface area contributed by atoms with Gasteiger partial charge in [0, 0.05) is 28.0 Å². The molecule has 2 heterocycles. The Morgan fingerprint density at radius 2 is 1.96 bits per heavy atom. The van der Waals surface area contributed by atoms with Crippen molar-refractivity contribution in [3.05, 3.63) is 82.6 Å². The summed E-state index contributed by atoms with van der Waals surface area (Å²) in [5, 5.41) is 1.20. The number of nitrogens with one attached hydrogen (secondary N) is 1. The van der Waals surface area contributed by atoms with Crippen LogP contribution in [0.15, 0.2) is 61.2 Å². The summed E-state index contributed by atoms with van der Waals surface area (Å²) >= 11 is 12.5. The highest BCUT2D eigenvalue weighted by atomic mass is 35.5. The number of aromatic amines is 1. The Balaban J connectivity index is 1.92. The van der Waals surface area contributed by atoms with Crippen LogP contribution in [0.4, 0.5) is 0 Å². The van der Waals surface area contributed by atoms with E-state index >= 15 is 0 Å². The maximum absolute atomic E-state index is 6.43. The Hall–Kier alpha value is -2.30. The molecule has 0 aliphatic rings. The monoisotopic (exact) mass is 342 g/mol. The molecule has 4 aromatic rings. The zero-order valence-corrected chi connectivity index (χ0v) is 13.5. The van der Waals surface area contributed by atoms with E-state index in [1.54, 1.807) is 18.6 Å². The molecule has 0 bridgehead atoms. The van der Waals surface area contributed by atoms with Gasteiger partial charge in [-0.25, -0.2) is 9.97 Å². The maximum atomic E-state index is 6.43. The van der Waals surface area contributed by atoms with E-state index in [2.05, 4.69) is 9.97 Å². The maximum Gasteiger partial charge on any atom is 0.135 e. The van der Waals surface area contributed by atoms with Crippen LogP contribution < -0.4 is 0 Å². The summed E-state index contributed by atoms with van der Waals surface area (Å²) in [5.74, 6) is 0.799. The summed E-state index contributed by atoms with van der Waals surface area (Å²) in [7, 11) is 0. The van der Waals surface area contributed by atoms with Crippen molar-refractivity contribution in [3.8, 4) is 0 Å². The van der Waals surface area contributed by atoms with Gasteiger partial charge in [0.15, 0.2) is 0 Å². The van der Waals surface area contributed by atoms with Gasteiger partial charge in [-0.05, 0) is 24.3 Å². The lowest BCUT2D eigenvalue weighted by Crippen LogP contribution is -2.13. The number of imidazole rings is 2. The normalized spacial score (nSPS) is 12.6. The molecule has 0 radical (unpaired) electrons. The highest BCUT2D eigenvalue weighted by Gasteiger charge is 2.22. The number of H-pyrrole nitrogens is 1. The number of para-hydroxylation sites is 2. The first-order valence-electron chi connectivity index (χ1n) is 7.09. The van der Waals surface area contributed by atoms with E-state index < -0.39 is 0 Å². The largest absolute Gasteiger partial charge is 0.340 e. The predicted molar refractivity (Wildman–Crippen MR) is 92.0 cm³/mol. The van der Waals surface area contributed by atoms with Crippen LogP contribution in [0.25, 0.3) is 11.0 Å². The summed E-state index contributed by atoms with van der Waals surface area (Å²) in [5.41, 5.74) is 2.81. The van der Waals surface area contributed by atoms with Crippen LogP contribution in [-0.2, 0) is 0 Å². The van der Waals surface area contributed by atoms with Gasteiger partial charge >= 0.3 is 0 Å². The zero-order chi connectivity index (χ0) is 15.8. The van der Waals surface area contributed by atoms with E-state index in [1.165, 1.54) is 0 Å². The van der Waals surface area contributed by atoms with E-state index in [4.69, 9.17) is 28.2 Å². The van der Waals surface area contributed by atoms with Crippen LogP contribution in [0.2, 0.25) is 10.0 Å². The third-order valence-corrected chi connectivity index (χ3v) is 4.31. The first-order valence-corrected chi connectivity index (χ1v) is 7.85. The molecule has 6 heteroatoms. The molecule has 0 saturated heterocycles. The molecule has 0 aliphatic carbocycles. The standard InChI is InChI=1S/C17H12Cl2N4/c18-11-5-6-12(13(19)9-11)16(23-8-7-20-10-23)17-21-14-3-1-2-4-15(14)22-17/h1-10,16H,(H,21,22). The number of nitrogens with zero attached hydrogens (tertiary/aromatic N) is 3. The average Bonchev–Trinajstić information content (AvgIpc) is 3.19. The van der Waals surface area contributed by atoms with E-state index in [1.807, 2.05) is 47.2 Å². The van der Waals surface area contributed by atoms with E-state index in [0.717, 1.165) is 22.4 Å². The quantitative estimate of drug-likeness (QED) is 0.586. The Morgan fingerprint density at radius 3 is 2.70 bits per heavy atom. The molecule has 2 aromatic carbocycles. The average molecular weight is 343 g/mol. The van der Waals surface area contributed by atoms with E-state index in [-0.39, 0.29) is 6.04 Å². The summed E-state index contributed by atoms with van der Waals surface area (Å²) in [4.78, 5) is 12.2. The lowest BCUT2D eigenvalue weighted by molar-refractivity contribution is 0.644. The molecule has 4 nitrogen and oxygen atoms in total. The van der Waals surface area contributed by atoms with Crippen molar-refractivity contribution in [2.24, 2.45) is 0 Å². The number of fused-ring (bicyclic) bond motifs is 1. The molecule has 1 N–H and O–H groups in total. The van der Waals surface area contributed by atoms with Crippen LogP contribution in [0, 0.1) is 0 Å². The van der Waals surface area contributed by atoms with Gasteiger partial charge in [-0.1, -0.05) is 41.4 Å². The fraction of sp³-hybridized carbons (Fsp3) is 0.0588. The summed E-state index contributed by atoms with van der Waals surface area (Å²) in [6, 6.07) is 13.2. The topological polar surface area (TPSA) is 46.5 Å². The Morgan fingerprint density at radius 1 is 1.09 bits per heavy atom. The SMILES string of the molecule is Clc1ccc(C(c2nc3ccccc3[nH]2)n2ccnc2)c(Cl)c1. The second-order valence-corrected chi connectivity index (χ2v) is 6.06. The minimum absolute atomic E-state index is 0.199. The van der Waals surface area contributed by atoms with Crippen LogP contribution in [0.3, 0.4) is 0 Å². The Kier molecular flexibility index (Phi) is 3.56. The first kappa shape index (κ1) is 14.3. The van der Waals surface area contributed by atoms with E-state index in [0.29, 0.717) is 10.0 Å². The van der Waals surface area contributed by atoms with Gasteiger partial charge in [-0.2, -0.15) is 0 Å². The van der Waals surface area contributed by atoms with E-state index in [9.17, 15) is 0 Å². The van der Waals surface area contributed by atoms with Crippen LogP contribution >= 0.6 is 23.2 Å². The molecule has 4 rings (SSSR count). The number of hydrogen-bond donors (Lipinski definition) is 1. The molecule has 114 valence electrons. The third-order valence-electron chi connectivity index (χ3n) is 3.75. The number of halogens is 2. The molecule has 0 amide bonds. The zero-order valence-electron chi connectivity index (χ0n) is 11.9. The summed E-state index contributed by atoms with van der Waals surface area (Å²) in [6.07, 6.45) is 5.38. The smallest absolute Gasteiger partial charge is 0.135 e. The first-order chi connectivity index (χ1) is 11.2. The minimum atomic E-state index is -0.199. The molecular weight excluding hydrogens is 331 g/mol. The minimum Gasteiger partial charge on any atom is -0.340 e. The molecule has 2 aromatic heterocycles. The molecule has 1 unspecified atom stereocenters. The van der Waals surface area contributed by atoms with Gasteiger partial charge in [0.25, 0.3) is 0 Å². The molecule has 23 heavy (non-hydrogen) atoms. The van der Waals surface area contributed by atoms with Crippen molar-refractivity contribution in [1.82, 2.24) is 19.5 Å². The van der Waals surface area contributed by atoms with Gasteiger partial charge in [0.1, 0.15) is 11.9 Å². The van der Waals surface area contributed by atoms with Crippen LogP contribution in [0.5, 0.6) is 0 Å². The van der Waals surface area contributed by atoms with Crippen LogP contribution in [0.1, 0.15) is 17.4 Å². The second-order valence-electron chi connectivity index (χ2n) is 5.22. The predicted octanol–water partition coefficient (Wildman–Crippen LogP) is 4.70. The van der Waals surface area contributed by atoms with Crippen molar-refractivity contribution < 1.29 is 0 Å². The van der Waals surface area contributed by atoms with Gasteiger partial charge < -0.3 is 9.55 Å².